The summed E-state index contributed by atoms with van der Waals surface area (Å²) in [5.41, 5.74) is -6.26. The van der Waals surface area contributed by atoms with Gasteiger partial charge < -0.3 is 24.4 Å². The summed E-state index contributed by atoms with van der Waals surface area (Å²) in [6.07, 6.45) is 3.47. The second-order valence-corrected chi connectivity index (χ2v) is 12.8. The molecule has 0 aromatic heterocycles. The lowest BCUT2D eigenvalue weighted by molar-refractivity contribution is -0.224. The van der Waals surface area contributed by atoms with Crippen molar-refractivity contribution in [2.24, 2.45) is 22.7 Å². The number of rotatable bonds is 6. The molecule has 0 saturated heterocycles. The van der Waals surface area contributed by atoms with E-state index in [2.05, 4.69) is 0 Å². The molecule has 3 fully saturated rings. The van der Waals surface area contributed by atoms with Crippen LogP contribution in [-0.4, -0.2) is 51.9 Å². The maximum Gasteiger partial charge on any atom is 0.352 e. The van der Waals surface area contributed by atoms with Gasteiger partial charge in [-0.25, -0.2) is 14.0 Å². The third kappa shape index (κ3) is 4.47. The van der Waals surface area contributed by atoms with Crippen LogP contribution in [0.25, 0.3) is 0 Å². The number of hydrogen-bond donors (Lipinski definition) is 2. The van der Waals surface area contributed by atoms with Gasteiger partial charge in [0, 0.05) is 22.8 Å². The maximum atomic E-state index is 17.5. The lowest BCUT2D eigenvalue weighted by atomic mass is 9.45. The molecule has 0 radical (unpaired) electrons. The number of phenolic OH excluding ortho intramolecular Hbond substituents is 1. The number of carbonyl (C=O) groups excluding carboxylic acids is 3. The van der Waals surface area contributed by atoms with Crippen LogP contribution in [0.4, 0.5) is 4.39 Å². The average molecular weight is 616 g/mol. The quantitative estimate of drug-likeness (QED) is 0.402. The molecular weight excluding hydrogens is 581 g/mol. The lowest BCUT2D eigenvalue weighted by Gasteiger charge is -2.62. The number of ether oxygens (including phenoxy) is 3. The van der Waals surface area contributed by atoms with Crippen molar-refractivity contribution in [3.8, 4) is 23.3 Å². The molecule has 7 atom stereocenters. The second kappa shape index (κ2) is 10.8. The third-order valence-electron chi connectivity index (χ3n) is 10.8. The molecular formula is C35H34FNO8. The van der Waals surface area contributed by atoms with E-state index in [1.54, 1.807) is 50.3 Å². The molecule has 4 aliphatic carbocycles. The fourth-order valence-electron chi connectivity index (χ4n) is 8.54. The number of alkyl halides is 1. The van der Waals surface area contributed by atoms with Crippen LogP contribution in [0.2, 0.25) is 0 Å². The Morgan fingerprint density at radius 3 is 2.56 bits per heavy atom. The van der Waals surface area contributed by atoms with Crippen LogP contribution in [0.3, 0.4) is 0 Å². The molecule has 0 amide bonds. The van der Waals surface area contributed by atoms with E-state index >= 15 is 4.39 Å². The minimum Gasteiger partial charge on any atom is -0.507 e. The minimum atomic E-state index is -2.15. The van der Waals surface area contributed by atoms with Crippen molar-refractivity contribution in [3.63, 3.8) is 0 Å². The zero-order valence-electron chi connectivity index (χ0n) is 25.0. The first-order valence-electron chi connectivity index (χ1n) is 15.0. The largest absolute Gasteiger partial charge is 0.507 e. The molecule has 2 N–H and O–H groups in total. The predicted molar refractivity (Wildman–Crippen MR) is 158 cm³/mol. The van der Waals surface area contributed by atoms with E-state index in [0.717, 1.165) is 0 Å². The van der Waals surface area contributed by atoms with E-state index in [1.165, 1.54) is 30.4 Å². The maximum absolute atomic E-state index is 17.5. The number of nitriles is 1. The van der Waals surface area contributed by atoms with Gasteiger partial charge in [0.25, 0.3) is 0 Å². The first kappa shape index (κ1) is 30.5. The Balaban J connectivity index is 1.34. The van der Waals surface area contributed by atoms with E-state index in [0.29, 0.717) is 24.2 Å². The standard InChI is InChI=1S/C35H34FNO8/c1-32-14-12-22(38)18-21(32)8-11-27-26-13-15-34(31(42)43-17-16-37,33(26,2)20-29(40)35(27,32)36)45-30(41)25-10-9-24(19-28(25)39)44-23-6-4-3-5-7-23/h3-7,9-10,12,14,18-19,26-27,29,39-40H,8,11,13,15,17,20H2,1-2H3. The lowest BCUT2D eigenvalue weighted by Crippen LogP contribution is -2.69. The Kier molecular flexibility index (Phi) is 7.36. The fraction of sp³-hybridized carbons (Fsp3) is 0.429. The van der Waals surface area contributed by atoms with Crippen LogP contribution in [0.1, 0.15) is 56.3 Å². The topological polar surface area (TPSA) is 143 Å². The van der Waals surface area contributed by atoms with Gasteiger partial charge >= 0.3 is 11.9 Å². The van der Waals surface area contributed by atoms with Crippen LogP contribution in [0.5, 0.6) is 17.2 Å². The second-order valence-electron chi connectivity index (χ2n) is 12.8. The van der Waals surface area contributed by atoms with E-state index < -0.39 is 64.3 Å². The molecule has 0 aliphatic heterocycles. The highest BCUT2D eigenvalue weighted by molar-refractivity contribution is 6.01. The summed E-state index contributed by atoms with van der Waals surface area (Å²) >= 11 is 0. The monoisotopic (exact) mass is 615 g/mol. The molecule has 234 valence electrons. The number of phenols is 1. The van der Waals surface area contributed by atoms with Crippen molar-refractivity contribution in [2.75, 3.05) is 6.61 Å². The summed E-state index contributed by atoms with van der Waals surface area (Å²) in [7, 11) is 0. The number of hydrogen-bond acceptors (Lipinski definition) is 9. The van der Waals surface area contributed by atoms with E-state index in [-0.39, 0.29) is 36.4 Å². The Labute approximate surface area is 259 Å². The summed E-state index contributed by atoms with van der Waals surface area (Å²) in [5, 5.41) is 31.6. The number of aliphatic hydroxyl groups excluding tert-OH is 1. The van der Waals surface area contributed by atoms with Gasteiger partial charge in [0.05, 0.1) is 6.10 Å². The van der Waals surface area contributed by atoms with E-state index in [1.807, 2.05) is 6.07 Å². The van der Waals surface area contributed by atoms with Gasteiger partial charge in [-0.2, -0.15) is 5.26 Å². The van der Waals surface area contributed by atoms with Crippen molar-refractivity contribution in [3.05, 3.63) is 77.9 Å². The van der Waals surface area contributed by atoms with Crippen molar-refractivity contribution >= 4 is 17.7 Å². The molecule has 45 heavy (non-hydrogen) atoms. The average Bonchev–Trinajstić information content (AvgIpc) is 3.29. The summed E-state index contributed by atoms with van der Waals surface area (Å²) in [4.78, 5) is 39.6. The molecule has 0 heterocycles. The highest BCUT2D eigenvalue weighted by Crippen LogP contribution is 2.70. The van der Waals surface area contributed by atoms with Crippen LogP contribution in [0.15, 0.2) is 72.3 Å². The molecule has 6 rings (SSSR count). The van der Waals surface area contributed by atoms with Crippen LogP contribution in [-0.2, 0) is 19.1 Å². The summed E-state index contributed by atoms with van der Waals surface area (Å²) in [6.45, 7) is 2.79. The van der Waals surface area contributed by atoms with Gasteiger partial charge in [-0.1, -0.05) is 36.8 Å². The molecule has 7 unspecified atom stereocenters. The van der Waals surface area contributed by atoms with Gasteiger partial charge in [0.1, 0.15) is 28.9 Å². The molecule has 3 saturated carbocycles. The number of allylic oxidation sites excluding steroid dienone is 4. The molecule has 0 spiro atoms. The number of aromatic hydroxyl groups is 1. The highest BCUT2D eigenvalue weighted by Gasteiger charge is 2.76. The zero-order chi connectivity index (χ0) is 32.2. The Bertz CT molecular complexity index is 1670. The normalized spacial score (nSPS) is 34.8. The smallest absolute Gasteiger partial charge is 0.352 e. The number of benzene rings is 2. The third-order valence-corrected chi connectivity index (χ3v) is 10.8. The number of fused-ring (bicyclic) bond motifs is 5. The van der Waals surface area contributed by atoms with E-state index in [4.69, 9.17) is 19.5 Å². The molecule has 2 aromatic rings. The number of para-hydroxylation sites is 1. The number of halogens is 1. The number of nitrogens with zero attached hydrogens (tertiary/aromatic N) is 1. The van der Waals surface area contributed by atoms with Crippen molar-refractivity contribution < 1.29 is 43.2 Å². The molecule has 0 bridgehead atoms. The van der Waals surface area contributed by atoms with Gasteiger partial charge in [0.15, 0.2) is 18.1 Å². The van der Waals surface area contributed by atoms with Gasteiger partial charge in [-0.15, -0.1) is 0 Å². The minimum absolute atomic E-state index is 0.0346. The SMILES string of the molecule is CC12C=CC(=O)C=C1CCC1C3CCC(OC(=O)c4ccc(Oc5ccccc5)cc4O)(C(=O)OCC#N)C3(C)CC(O)C12F. The van der Waals surface area contributed by atoms with Crippen molar-refractivity contribution in [2.45, 2.75) is 63.3 Å². The fourth-order valence-corrected chi connectivity index (χ4v) is 8.54. The predicted octanol–water partition coefficient (Wildman–Crippen LogP) is 5.52. The molecule has 10 heteroatoms. The first-order valence-corrected chi connectivity index (χ1v) is 15.0. The summed E-state index contributed by atoms with van der Waals surface area (Å²) in [5.74, 6) is -3.13. The molecule has 4 aliphatic rings. The number of aliphatic hydroxyl groups is 1. The van der Waals surface area contributed by atoms with Crippen LogP contribution >= 0.6 is 0 Å². The van der Waals surface area contributed by atoms with Gasteiger partial charge in [-0.3, -0.25) is 4.79 Å². The van der Waals surface area contributed by atoms with Crippen LogP contribution < -0.4 is 4.74 Å². The van der Waals surface area contributed by atoms with Gasteiger partial charge in [0.2, 0.25) is 5.60 Å². The summed E-state index contributed by atoms with van der Waals surface area (Å²) in [6, 6.07) is 14.6. The molecule has 2 aromatic carbocycles. The number of esters is 2. The zero-order valence-corrected chi connectivity index (χ0v) is 25.0. The van der Waals surface area contributed by atoms with E-state index in [9.17, 15) is 24.6 Å². The van der Waals surface area contributed by atoms with Crippen molar-refractivity contribution in [1.29, 1.82) is 5.26 Å². The number of ketones is 1. The Hall–Kier alpha value is -4.49. The van der Waals surface area contributed by atoms with Crippen LogP contribution in [0, 0.1) is 34.0 Å². The first-order chi connectivity index (χ1) is 21.4. The Morgan fingerprint density at radius 1 is 1.09 bits per heavy atom. The highest BCUT2D eigenvalue weighted by atomic mass is 19.1. The number of carbonyl (C=O) groups is 3. The summed E-state index contributed by atoms with van der Waals surface area (Å²) < 4.78 is 34.6. The van der Waals surface area contributed by atoms with Crippen molar-refractivity contribution in [1.82, 2.24) is 0 Å². The van der Waals surface area contributed by atoms with Gasteiger partial charge in [-0.05, 0) is 81.4 Å². The Morgan fingerprint density at radius 2 is 1.84 bits per heavy atom. The molecule has 9 nitrogen and oxygen atoms in total.